The number of thioether (sulfide) groups is 1. The van der Waals surface area contributed by atoms with Gasteiger partial charge in [0.1, 0.15) is 0 Å². The zero-order valence-electron chi connectivity index (χ0n) is 34.4. The van der Waals surface area contributed by atoms with Crippen LogP contribution in [0.5, 0.6) is 0 Å². The molecule has 0 saturated heterocycles. The predicted molar refractivity (Wildman–Crippen MR) is 248 cm³/mol. The first-order valence-electron chi connectivity index (χ1n) is 19.2. The summed E-state index contributed by atoms with van der Waals surface area (Å²) in [5.41, 5.74) is 23.4. The highest BCUT2D eigenvalue weighted by atomic mass is 79.9. The molecule has 0 aliphatic carbocycles. The van der Waals surface area contributed by atoms with Gasteiger partial charge in [-0.25, -0.2) is 4.99 Å². The molecular weight excluding hydrogens is 761 g/mol. The molecule has 5 heteroatoms. The number of rotatable bonds is 5. The number of nitrogens with zero attached hydrogens (tertiary/aromatic N) is 1. The van der Waals surface area contributed by atoms with E-state index in [1.807, 2.05) is 11.8 Å². The monoisotopic (exact) mass is 818 g/mol. The van der Waals surface area contributed by atoms with Crippen molar-refractivity contribution in [3.8, 4) is 0 Å². The molecule has 0 amide bonds. The Bertz CT molecular complexity index is 2110. The lowest BCUT2D eigenvalue weighted by Crippen LogP contribution is -2.00. The number of aryl methyl sites for hydroxylation is 7. The van der Waals surface area contributed by atoms with Gasteiger partial charge in [-0.2, -0.15) is 0 Å². The number of thiocarbonyl (C=S) groups is 1. The zero-order chi connectivity index (χ0) is 39.5. The van der Waals surface area contributed by atoms with E-state index >= 15 is 0 Å². The third-order valence-electron chi connectivity index (χ3n) is 10.8. The Balaban J connectivity index is 0.000000173. The topological polar surface area (TPSA) is 24.4 Å². The first-order chi connectivity index (χ1) is 25.8. The smallest absolute Gasteiger partial charge is 0.0842 e. The third kappa shape index (κ3) is 11.5. The number of aliphatic imine (C=N–C) groups is 1. The first kappa shape index (κ1) is 43.2. The lowest BCUT2D eigenvalue weighted by molar-refractivity contribution is 1.06. The highest BCUT2D eigenvalue weighted by molar-refractivity contribution is 9.08. The van der Waals surface area contributed by atoms with Crippen molar-refractivity contribution in [1.82, 2.24) is 0 Å². The summed E-state index contributed by atoms with van der Waals surface area (Å²) in [7, 11) is 0. The van der Waals surface area contributed by atoms with Crippen LogP contribution in [0.1, 0.15) is 97.3 Å². The highest BCUT2D eigenvalue weighted by Crippen LogP contribution is 2.33. The fraction of sp³-hybridized carbons (Fsp3) is 0.347. The van der Waals surface area contributed by atoms with Crippen molar-refractivity contribution in [2.24, 2.45) is 4.99 Å². The summed E-state index contributed by atoms with van der Waals surface area (Å²) in [6, 6.07) is 28.2. The van der Waals surface area contributed by atoms with Crippen LogP contribution in [0.3, 0.4) is 0 Å². The average molecular weight is 820 g/mol. The molecule has 7 rings (SSSR count). The molecule has 0 unspecified atom stereocenters. The third-order valence-corrected chi connectivity index (χ3v) is 12.6. The Morgan fingerprint density at radius 1 is 0.630 bits per heavy atom. The van der Waals surface area contributed by atoms with Gasteiger partial charge in [-0.3, -0.25) is 0 Å². The van der Waals surface area contributed by atoms with E-state index in [0.717, 1.165) is 47.4 Å². The van der Waals surface area contributed by atoms with Gasteiger partial charge in [-0.15, -0.1) is 11.8 Å². The predicted octanol–water partition coefficient (Wildman–Crippen LogP) is 14.4. The van der Waals surface area contributed by atoms with Gasteiger partial charge in [0.05, 0.1) is 15.7 Å². The molecule has 54 heavy (non-hydrogen) atoms. The number of nitrogens with one attached hydrogen (secondary N) is 1. The molecule has 1 N–H and O–H groups in total. The van der Waals surface area contributed by atoms with Crippen molar-refractivity contribution in [1.29, 1.82) is 0 Å². The van der Waals surface area contributed by atoms with E-state index in [2.05, 4.69) is 176 Å². The minimum absolute atomic E-state index is 0.909. The molecule has 0 aromatic heterocycles. The highest BCUT2D eigenvalue weighted by Gasteiger charge is 2.17. The van der Waals surface area contributed by atoms with Crippen LogP contribution in [0.15, 0.2) is 83.9 Å². The van der Waals surface area contributed by atoms with Gasteiger partial charge < -0.3 is 5.32 Å². The molecule has 0 bridgehead atoms. The number of alkyl halides is 1. The number of hydrogen-bond donors (Lipinski definition) is 1. The van der Waals surface area contributed by atoms with Crippen LogP contribution in [0.2, 0.25) is 0 Å². The number of hydrogen-bond acceptors (Lipinski definition) is 3. The Hall–Kier alpha value is -3.51. The maximum absolute atomic E-state index is 5.06. The Labute approximate surface area is 344 Å². The summed E-state index contributed by atoms with van der Waals surface area (Å²) in [6.07, 6.45) is 4.14. The standard InChI is InChI=1S/C20H23NS.C11H15Br.C9H9NS.C9H12/c1-5-16-8-7-14(3)18(15(16)4)12-22-20-11-17-10-13(2)6-9-19(17)21-20;1-4-11-9(3)8(2)5-6-10(11)7-12;1-6-2-3-8-7(4-6)5-9(11)10-8;1-7-5-4-6-8(2)9(7)3/h6-10H,5,11-12H2,1-4H3;5-6H,4,7H2,1-3H3;2-4H,5H2,1H3,(H,10,11);4-6H,1-3H3. The van der Waals surface area contributed by atoms with Gasteiger partial charge in [0.2, 0.25) is 0 Å². The molecule has 2 nitrogen and oxygen atoms in total. The quantitative estimate of drug-likeness (QED) is 0.141. The molecule has 284 valence electrons. The van der Waals surface area contributed by atoms with E-state index in [1.165, 1.54) is 94.2 Å². The summed E-state index contributed by atoms with van der Waals surface area (Å²) < 4.78 is 0. The van der Waals surface area contributed by atoms with Gasteiger partial charge in [0.15, 0.2) is 0 Å². The molecule has 2 aliphatic rings. The summed E-state index contributed by atoms with van der Waals surface area (Å²) in [5.74, 6) is 1.03. The molecule has 0 saturated carbocycles. The lowest BCUT2D eigenvalue weighted by Gasteiger charge is -2.13. The summed E-state index contributed by atoms with van der Waals surface area (Å²) in [6.45, 7) is 24.0. The Morgan fingerprint density at radius 3 is 1.87 bits per heavy atom. The van der Waals surface area contributed by atoms with Crippen LogP contribution in [0, 0.1) is 62.3 Å². The van der Waals surface area contributed by atoms with Crippen LogP contribution < -0.4 is 5.32 Å². The van der Waals surface area contributed by atoms with Crippen LogP contribution in [-0.2, 0) is 36.8 Å². The minimum atomic E-state index is 0.909. The summed E-state index contributed by atoms with van der Waals surface area (Å²) >= 11 is 10.5. The van der Waals surface area contributed by atoms with Crippen LogP contribution in [0.25, 0.3) is 0 Å². The minimum Gasteiger partial charge on any atom is -0.350 e. The number of fused-ring (bicyclic) bond motifs is 2. The van der Waals surface area contributed by atoms with Crippen LogP contribution >= 0.6 is 39.9 Å². The normalized spacial score (nSPS) is 12.2. The maximum atomic E-state index is 5.06. The second-order valence-corrected chi connectivity index (χ2v) is 16.7. The zero-order valence-corrected chi connectivity index (χ0v) is 37.6. The fourth-order valence-corrected chi connectivity index (χ4v) is 8.86. The van der Waals surface area contributed by atoms with E-state index in [-0.39, 0.29) is 0 Å². The second kappa shape index (κ2) is 20.4. The molecule has 5 aromatic rings. The van der Waals surface area contributed by atoms with Gasteiger partial charge >= 0.3 is 0 Å². The van der Waals surface area contributed by atoms with E-state index in [1.54, 1.807) is 0 Å². The van der Waals surface area contributed by atoms with Crippen molar-refractivity contribution < 1.29 is 0 Å². The maximum Gasteiger partial charge on any atom is 0.0842 e. The second-order valence-electron chi connectivity index (χ2n) is 14.6. The van der Waals surface area contributed by atoms with E-state index in [9.17, 15) is 0 Å². The molecule has 0 radical (unpaired) electrons. The van der Waals surface area contributed by atoms with E-state index < -0.39 is 0 Å². The SMILES string of the molecule is CCc1c(CBr)ccc(C)c1C.CCc1ccc(C)c(CSC2=Nc3ccc(C)cc3C2)c1C.Cc1ccc2c(c1)CC(=S)N2.Cc1cccc(C)c1C. The van der Waals surface area contributed by atoms with Crippen LogP contribution in [-0.4, -0.2) is 10.0 Å². The van der Waals surface area contributed by atoms with Gasteiger partial charge in [-0.05, 0) is 160 Å². The average Bonchev–Trinajstić information content (AvgIpc) is 3.73. The number of benzene rings is 5. The Kier molecular flexibility index (Phi) is 16.3. The van der Waals surface area contributed by atoms with Crippen molar-refractivity contribution >= 4 is 61.3 Å². The van der Waals surface area contributed by atoms with Crippen molar-refractivity contribution in [3.05, 3.63) is 162 Å². The van der Waals surface area contributed by atoms with E-state index in [4.69, 9.17) is 17.2 Å². The summed E-state index contributed by atoms with van der Waals surface area (Å²) in [4.78, 5) is 5.73. The molecule has 2 heterocycles. The summed E-state index contributed by atoms with van der Waals surface area (Å²) in [5, 5.41) is 5.38. The molecule has 0 fully saturated rings. The largest absolute Gasteiger partial charge is 0.350 e. The van der Waals surface area contributed by atoms with E-state index in [0.29, 0.717) is 0 Å². The van der Waals surface area contributed by atoms with Gasteiger partial charge in [-0.1, -0.05) is 120 Å². The van der Waals surface area contributed by atoms with Crippen molar-refractivity contribution in [3.63, 3.8) is 0 Å². The van der Waals surface area contributed by atoms with Crippen molar-refractivity contribution in [2.75, 3.05) is 5.32 Å². The fourth-order valence-electron chi connectivity index (χ4n) is 6.89. The van der Waals surface area contributed by atoms with Crippen LogP contribution in [0.4, 0.5) is 11.4 Å². The Morgan fingerprint density at radius 2 is 1.24 bits per heavy atom. The molecule has 2 aliphatic heterocycles. The first-order valence-corrected chi connectivity index (χ1v) is 21.7. The lowest BCUT2D eigenvalue weighted by atomic mass is 9.97. The molecular formula is C49H59BrN2S2. The number of anilines is 1. The number of halogens is 1. The van der Waals surface area contributed by atoms with Gasteiger partial charge in [0.25, 0.3) is 0 Å². The molecule has 5 aromatic carbocycles. The molecule has 0 spiro atoms. The van der Waals surface area contributed by atoms with Crippen molar-refractivity contribution in [2.45, 2.75) is 113 Å². The molecule has 0 atom stereocenters. The van der Waals surface area contributed by atoms with Gasteiger partial charge in [0, 0.05) is 29.6 Å².